The number of carbonyl (C=O) groups excluding carboxylic acids is 1. The lowest BCUT2D eigenvalue weighted by atomic mass is 10.2. The fourth-order valence-corrected chi connectivity index (χ4v) is 3.14. The number of nitrogens with one attached hydrogen (secondary N) is 2. The highest BCUT2D eigenvalue weighted by Crippen LogP contribution is 2.24. The summed E-state index contributed by atoms with van der Waals surface area (Å²) in [5, 5.41) is 12.2. The molecule has 2 aromatic heterocycles. The minimum absolute atomic E-state index is 0.185. The molecule has 28 heavy (non-hydrogen) atoms. The van der Waals surface area contributed by atoms with E-state index in [-0.39, 0.29) is 11.9 Å². The van der Waals surface area contributed by atoms with Crippen molar-refractivity contribution in [2.45, 2.75) is 31.6 Å². The Hall–Kier alpha value is -2.81. The van der Waals surface area contributed by atoms with E-state index in [1.165, 1.54) is 11.8 Å². The van der Waals surface area contributed by atoms with Crippen LogP contribution in [0.5, 0.6) is 5.75 Å². The molecule has 0 saturated heterocycles. The number of thioether (sulfide) groups is 1. The van der Waals surface area contributed by atoms with Gasteiger partial charge in [-0.05, 0) is 32.2 Å². The first-order valence-corrected chi connectivity index (χ1v) is 10.2. The van der Waals surface area contributed by atoms with Gasteiger partial charge in [-0.3, -0.25) is 4.79 Å². The molecule has 0 aliphatic rings. The van der Waals surface area contributed by atoms with Crippen LogP contribution in [-0.4, -0.2) is 51.6 Å². The fraction of sp³-hybridized carbons (Fsp3) is 0.368. The molecule has 0 aliphatic heterocycles. The molecule has 0 saturated carbocycles. The molecule has 1 aromatic carbocycles. The lowest BCUT2D eigenvalue weighted by Gasteiger charge is -2.12. The zero-order chi connectivity index (χ0) is 20.1. The first-order chi connectivity index (χ1) is 13.5. The fourth-order valence-electron chi connectivity index (χ4n) is 2.78. The normalized spacial score (nSPS) is 11.0. The molecule has 0 atom stereocenters. The summed E-state index contributed by atoms with van der Waals surface area (Å²) in [5.41, 5.74) is 1.25. The van der Waals surface area contributed by atoms with Gasteiger partial charge < -0.3 is 15.4 Å². The molecule has 0 unspecified atom stereocenters. The van der Waals surface area contributed by atoms with Crippen LogP contribution < -0.4 is 15.4 Å². The lowest BCUT2D eigenvalue weighted by Crippen LogP contribution is -2.28. The van der Waals surface area contributed by atoms with Gasteiger partial charge in [0.2, 0.25) is 0 Å². The summed E-state index contributed by atoms with van der Waals surface area (Å²) in [5.74, 6) is 1.13. The molecular formula is C19H24N6O2S. The molecule has 3 aromatic rings. The van der Waals surface area contributed by atoms with Crippen molar-refractivity contribution >= 4 is 34.5 Å². The van der Waals surface area contributed by atoms with E-state index in [4.69, 9.17) is 4.74 Å². The lowest BCUT2D eigenvalue weighted by molar-refractivity contribution is 0.0949. The van der Waals surface area contributed by atoms with Gasteiger partial charge in [0.05, 0.1) is 30.8 Å². The van der Waals surface area contributed by atoms with Gasteiger partial charge in [0.25, 0.3) is 5.91 Å². The van der Waals surface area contributed by atoms with Gasteiger partial charge >= 0.3 is 0 Å². The van der Waals surface area contributed by atoms with Gasteiger partial charge in [0.1, 0.15) is 11.6 Å². The highest BCUT2D eigenvalue weighted by molar-refractivity contribution is 7.98. The predicted molar refractivity (Wildman–Crippen MR) is 111 cm³/mol. The number of ether oxygens (including phenoxy) is 1. The summed E-state index contributed by atoms with van der Waals surface area (Å²) in [7, 11) is 1.55. The van der Waals surface area contributed by atoms with Crippen LogP contribution in [0.15, 0.2) is 35.6 Å². The summed E-state index contributed by atoms with van der Waals surface area (Å²) in [6.07, 6.45) is 3.70. The minimum atomic E-state index is -0.185. The third-order valence-electron chi connectivity index (χ3n) is 4.04. The molecule has 2 N–H and O–H groups in total. The monoisotopic (exact) mass is 400 g/mol. The Balaban J connectivity index is 1.75. The van der Waals surface area contributed by atoms with Crippen molar-refractivity contribution in [1.82, 2.24) is 25.1 Å². The molecule has 0 radical (unpaired) electrons. The van der Waals surface area contributed by atoms with Crippen molar-refractivity contribution in [1.29, 1.82) is 0 Å². The largest absolute Gasteiger partial charge is 0.496 e. The third kappa shape index (κ3) is 4.36. The number of methoxy groups -OCH3 is 1. The van der Waals surface area contributed by atoms with E-state index in [0.717, 1.165) is 16.9 Å². The van der Waals surface area contributed by atoms with E-state index < -0.39 is 0 Å². The van der Waals surface area contributed by atoms with Gasteiger partial charge in [-0.2, -0.15) is 5.10 Å². The number of hydrogen-bond donors (Lipinski definition) is 2. The van der Waals surface area contributed by atoms with Crippen LogP contribution in [0.2, 0.25) is 0 Å². The summed E-state index contributed by atoms with van der Waals surface area (Å²) in [4.78, 5) is 21.6. The number of amides is 1. The number of anilines is 1. The molecule has 0 bridgehead atoms. The maximum Gasteiger partial charge on any atom is 0.255 e. The second-order valence-electron chi connectivity index (χ2n) is 6.42. The quantitative estimate of drug-likeness (QED) is 0.443. The van der Waals surface area contributed by atoms with E-state index in [1.807, 2.05) is 18.4 Å². The van der Waals surface area contributed by atoms with Crippen LogP contribution in [0.1, 0.15) is 24.2 Å². The number of fused-ring (bicyclic) bond motifs is 1. The SMILES string of the molecule is COc1ccccc1C(=O)NCCn1ncc2c(NC(C)C)nc(SC)nc21. The number of hydrogen-bond acceptors (Lipinski definition) is 7. The number of nitrogens with zero attached hydrogens (tertiary/aromatic N) is 4. The Labute approximate surface area is 168 Å². The van der Waals surface area contributed by atoms with Crippen molar-refractivity contribution < 1.29 is 9.53 Å². The predicted octanol–water partition coefficient (Wildman–Crippen LogP) is 2.81. The van der Waals surface area contributed by atoms with Gasteiger partial charge in [-0.1, -0.05) is 23.9 Å². The van der Waals surface area contributed by atoms with Crippen molar-refractivity contribution in [3.8, 4) is 5.75 Å². The first kappa shape index (κ1) is 19.9. The summed E-state index contributed by atoms with van der Waals surface area (Å²) in [6, 6.07) is 7.38. The summed E-state index contributed by atoms with van der Waals surface area (Å²) < 4.78 is 7.02. The number of para-hydroxylation sites is 1. The zero-order valence-corrected chi connectivity index (χ0v) is 17.2. The second-order valence-corrected chi connectivity index (χ2v) is 7.19. The Kier molecular flexibility index (Phi) is 6.35. The first-order valence-electron chi connectivity index (χ1n) is 8.98. The van der Waals surface area contributed by atoms with Crippen LogP contribution in [0.25, 0.3) is 11.0 Å². The number of carbonyl (C=O) groups is 1. The molecule has 3 rings (SSSR count). The number of benzene rings is 1. The summed E-state index contributed by atoms with van der Waals surface area (Å²) >= 11 is 1.48. The molecule has 0 fully saturated rings. The van der Waals surface area contributed by atoms with Crippen molar-refractivity contribution in [3.63, 3.8) is 0 Å². The van der Waals surface area contributed by atoms with Crippen LogP contribution >= 0.6 is 11.8 Å². The maximum atomic E-state index is 12.4. The van der Waals surface area contributed by atoms with Gasteiger partial charge in [-0.15, -0.1) is 0 Å². The van der Waals surface area contributed by atoms with Crippen LogP contribution in [0.4, 0.5) is 5.82 Å². The minimum Gasteiger partial charge on any atom is -0.496 e. The van der Waals surface area contributed by atoms with Gasteiger partial charge in [0.15, 0.2) is 10.8 Å². The highest BCUT2D eigenvalue weighted by atomic mass is 32.2. The number of aromatic nitrogens is 4. The topological polar surface area (TPSA) is 94.0 Å². The van der Waals surface area contributed by atoms with Crippen LogP contribution in [0.3, 0.4) is 0 Å². The number of rotatable bonds is 8. The smallest absolute Gasteiger partial charge is 0.255 e. The van der Waals surface area contributed by atoms with E-state index in [9.17, 15) is 4.79 Å². The van der Waals surface area contributed by atoms with Crippen molar-refractivity contribution in [3.05, 3.63) is 36.0 Å². The zero-order valence-electron chi connectivity index (χ0n) is 16.4. The maximum absolute atomic E-state index is 12.4. The molecule has 0 aliphatic carbocycles. The van der Waals surface area contributed by atoms with Crippen molar-refractivity contribution in [2.24, 2.45) is 0 Å². The molecular weight excluding hydrogens is 376 g/mol. The second kappa shape index (κ2) is 8.92. The third-order valence-corrected chi connectivity index (χ3v) is 4.59. The van der Waals surface area contributed by atoms with Gasteiger partial charge in [-0.25, -0.2) is 14.6 Å². The van der Waals surface area contributed by atoms with E-state index in [0.29, 0.717) is 29.6 Å². The Morgan fingerprint density at radius 2 is 2.07 bits per heavy atom. The Morgan fingerprint density at radius 3 is 2.79 bits per heavy atom. The van der Waals surface area contributed by atoms with Crippen LogP contribution in [-0.2, 0) is 6.54 Å². The average molecular weight is 401 g/mol. The highest BCUT2D eigenvalue weighted by Gasteiger charge is 2.14. The Bertz CT molecular complexity index is 972. The molecule has 8 nitrogen and oxygen atoms in total. The van der Waals surface area contributed by atoms with E-state index in [1.54, 1.807) is 30.1 Å². The van der Waals surface area contributed by atoms with Crippen LogP contribution in [0, 0.1) is 0 Å². The van der Waals surface area contributed by atoms with Crippen molar-refractivity contribution in [2.75, 3.05) is 25.2 Å². The summed E-state index contributed by atoms with van der Waals surface area (Å²) in [6.45, 7) is 5.03. The molecule has 1 amide bonds. The molecule has 148 valence electrons. The molecule has 0 spiro atoms. The molecule has 9 heteroatoms. The molecule has 2 heterocycles. The van der Waals surface area contributed by atoms with Gasteiger partial charge in [0, 0.05) is 12.6 Å². The van der Waals surface area contributed by atoms with E-state index in [2.05, 4.69) is 39.5 Å². The Morgan fingerprint density at radius 1 is 1.29 bits per heavy atom. The average Bonchev–Trinajstić information content (AvgIpc) is 3.10. The van der Waals surface area contributed by atoms with E-state index >= 15 is 0 Å². The standard InChI is InChI=1S/C19H24N6O2S/c1-12(2)22-16-14-11-21-25(17(14)24-19(23-16)28-4)10-9-20-18(26)13-7-5-6-8-15(13)27-3/h5-8,11-12H,9-10H2,1-4H3,(H,20,26)(H,22,23,24).